The molecule has 0 aliphatic carbocycles. The van der Waals surface area contributed by atoms with Crippen LogP contribution < -0.4 is 0 Å². The van der Waals surface area contributed by atoms with Crippen LogP contribution in [0.2, 0.25) is 0 Å². The van der Waals surface area contributed by atoms with E-state index >= 15 is 0 Å². The average molecular weight is 279 g/mol. The van der Waals surface area contributed by atoms with Crippen LogP contribution in [0.15, 0.2) is 42.5 Å². The Labute approximate surface area is 125 Å². The molecule has 3 heteroatoms. The van der Waals surface area contributed by atoms with Gasteiger partial charge in [0.2, 0.25) is 0 Å². The smallest absolute Gasteiger partial charge is 0.113 e. The normalized spacial score (nSPS) is 12.0. The van der Waals surface area contributed by atoms with Crippen LogP contribution in [0.1, 0.15) is 38.8 Å². The molecule has 1 aromatic heterocycles. The Kier molecular flexibility index (Phi) is 3.28. The topological polar surface area (TPSA) is 30.7 Å². The molecular weight excluding hydrogens is 258 g/mol. The largest absolute Gasteiger partial charge is 0.150 e. The monoisotopic (exact) mass is 279 g/mol. The second-order valence-corrected chi connectivity index (χ2v) is 6.47. The zero-order valence-electron chi connectivity index (χ0n) is 13.1. The molecule has 3 nitrogen and oxygen atoms in total. The summed E-state index contributed by atoms with van der Waals surface area (Å²) in [5.41, 5.74) is 5.65. The van der Waals surface area contributed by atoms with Crippen molar-refractivity contribution >= 4 is 11.0 Å². The van der Waals surface area contributed by atoms with Crippen molar-refractivity contribution < 1.29 is 0 Å². The van der Waals surface area contributed by atoms with Crippen LogP contribution in [0.5, 0.6) is 0 Å². The molecule has 0 N–H and O–H groups in total. The molecule has 108 valence electrons. The van der Waals surface area contributed by atoms with E-state index in [1.807, 2.05) is 24.3 Å². The molecule has 0 saturated heterocycles. The number of nitrogens with zero attached hydrogens (tertiary/aromatic N) is 3. The molecule has 21 heavy (non-hydrogen) atoms. The highest BCUT2D eigenvalue weighted by Gasteiger charge is 2.16. The minimum atomic E-state index is 0.118. The second kappa shape index (κ2) is 4.99. The van der Waals surface area contributed by atoms with Crippen molar-refractivity contribution in [1.82, 2.24) is 15.0 Å². The van der Waals surface area contributed by atoms with Gasteiger partial charge in [-0.25, -0.2) is 0 Å². The van der Waals surface area contributed by atoms with Gasteiger partial charge < -0.3 is 0 Å². The Morgan fingerprint density at radius 2 is 1.57 bits per heavy atom. The Balaban J connectivity index is 2.16. The predicted molar refractivity (Wildman–Crippen MR) is 86.9 cm³/mol. The standard InChI is InChI=1S/C18H21N3/c1-5-13-10-14(18(2,3)4)12-15(11-13)21-19-16-8-6-7-9-17(16)20-21/h6-12H,5H2,1-4H3. The van der Waals surface area contributed by atoms with Crippen LogP contribution in [-0.4, -0.2) is 15.0 Å². The molecule has 0 amide bonds. The SMILES string of the molecule is CCc1cc(-n2nc3ccccc3n2)cc(C(C)(C)C)c1. The zero-order chi connectivity index (χ0) is 15.0. The lowest BCUT2D eigenvalue weighted by molar-refractivity contribution is 0.587. The molecule has 0 radical (unpaired) electrons. The third kappa shape index (κ3) is 2.68. The first-order valence-corrected chi connectivity index (χ1v) is 7.44. The maximum Gasteiger partial charge on any atom is 0.113 e. The number of benzene rings is 2. The fourth-order valence-corrected chi connectivity index (χ4v) is 2.40. The highest BCUT2D eigenvalue weighted by molar-refractivity contribution is 5.73. The van der Waals surface area contributed by atoms with E-state index in [-0.39, 0.29) is 5.41 Å². The van der Waals surface area contributed by atoms with E-state index in [2.05, 4.69) is 56.1 Å². The predicted octanol–water partition coefficient (Wildman–Crippen LogP) is 4.28. The minimum absolute atomic E-state index is 0.118. The first-order chi connectivity index (χ1) is 9.97. The molecule has 1 heterocycles. The Morgan fingerprint density at radius 1 is 0.952 bits per heavy atom. The Hall–Kier alpha value is -2.16. The van der Waals surface area contributed by atoms with Gasteiger partial charge in [0.1, 0.15) is 11.0 Å². The minimum Gasteiger partial charge on any atom is -0.150 e. The molecule has 0 aliphatic heterocycles. The highest BCUT2D eigenvalue weighted by Crippen LogP contribution is 2.26. The van der Waals surface area contributed by atoms with Gasteiger partial charge >= 0.3 is 0 Å². The molecule has 0 unspecified atom stereocenters. The molecule has 3 aromatic rings. The van der Waals surface area contributed by atoms with Crippen LogP contribution in [-0.2, 0) is 11.8 Å². The van der Waals surface area contributed by atoms with Gasteiger partial charge in [-0.2, -0.15) is 4.80 Å². The lowest BCUT2D eigenvalue weighted by atomic mass is 9.85. The van der Waals surface area contributed by atoms with Gasteiger partial charge in [-0.1, -0.05) is 45.9 Å². The number of aromatic nitrogens is 3. The summed E-state index contributed by atoms with van der Waals surface area (Å²) in [7, 11) is 0. The number of aryl methyl sites for hydroxylation is 1. The quantitative estimate of drug-likeness (QED) is 0.701. The van der Waals surface area contributed by atoms with Crippen molar-refractivity contribution in [1.29, 1.82) is 0 Å². The number of fused-ring (bicyclic) bond motifs is 1. The van der Waals surface area contributed by atoms with Gasteiger partial charge in [-0.15, -0.1) is 10.2 Å². The van der Waals surface area contributed by atoms with E-state index in [1.54, 1.807) is 4.80 Å². The second-order valence-electron chi connectivity index (χ2n) is 6.47. The van der Waals surface area contributed by atoms with E-state index in [1.165, 1.54) is 11.1 Å². The van der Waals surface area contributed by atoms with Crippen LogP contribution in [0.3, 0.4) is 0 Å². The summed E-state index contributed by atoms with van der Waals surface area (Å²) in [6.07, 6.45) is 1.01. The summed E-state index contributed by atoms with van der Waals surface area (Å²) in [4.78, 5) is 1.75. The number of hydrogen-bond acceptors (Lipinski definition) is 2. The first-order valence-electron chi connectivity index (χ1n) is 7.44. The summed E-state index contributed by atoms with van der Waals surface area (Å²) < 4.78 is 0. The summed E-state index contributed by atoms with van der Waals surface area (Å²) in [5.74, 6) is 0. The van der Waals surface area contributed by atoms with Gasteiger partial charge in [-0.3, -0.25) is 0 Å². The zero-order valence-corrected chi connectivity index (χ0v) is 13.1. The molecular formula is C18H21N3. The van der Waals surface area contributed by atoms with Crippen molar-refractivity contribution in [2.24, 2.45) is 0 Å². The van der Waals surface area contributed by atoms with Gasteiger partial charge in [0.15, 0.2) is 0 Å². The summed E-state index contributed by atoms with van der Waals surface area (Å²) in [5, 5.41) is 9.17. The van der Waals surface area contributed by atoms with Crippen molar-refractivity contribution in [3.63, 3.8) is 0 Å². The van der Waals surface area contributed by atoms with Crippen molar-refractivity contribution in [2.75, 3.05) is 0 Å². The van der Waals surface area contributed by atoms with Crippen LogP contribution in [0.4, 0.5) is 0 Å². The maximum absolute atomic E-state index is 4.59. The fourth-order valence-electron chi connectivity index (χ4n) is 2.40. The third-order valence-corrected chi connectivity index (χ3v) is 3.77. The summed E-state index contributed by atoms with van der Waals surface area (Å²) >= 11 is 0. The van der Waals surface area contributed by atoms with Crippen LogP contribution in [0, 0.1) is 0 Å². The molecule has 0 bridgehead atoms. The van der Waals surface area contributed by atoms with E-state index in [0.717, 1.165) is 23.1 Å². The van der Waals surface area contributed by atoms with Crippen molar-refractivity contribution in [3.8, 4) is 5.69 Å². The van der Waals surface area contributed by atoms with Crippen molar-refractivity contribution in [3.05, 3.63) is 53.6 Å². The van der Waals surface area contributed by atoms with Gasteiger partial charge in [0, 0.05) is 0 Å². The van der Waals surface area contributed by atoms with Gasteiger partial charge in [-0.05, 0) is 47.2 Å². The van der Waals surface area contributed by atoms with Crippen LogP contribution >= 0.6 is 0 Å². The molecule has 0 saturated carbocycles. The lowest BCUT2D eigenvalue weighted by Gasteiger charge is -2.21. The molecule has 0 aliphatic rings. The maximum atomic E-state index is 4.59. The lowest BCUT2D eigenvalue weighted by Crippen LogP contribution is -2.13. The van der Waals surface area contributed by atoms with E-state index in [4.69, 9.17) is 0 Å². The Morgan fingerprint density at radius 3 is 2.10 bits per heavy atom. The molecule has 0 spiro atoms. The molecule has 2 aromatic carbocycles. The highest BCUT2D eigenvalue weighted by atomic mass is 15.5. The van der Waals surface area contributed by atoms with Crippen LogP contribution in [0.25, 0.3) is 16.7 Å². The first kappa shape index (κ1) is 13.8. The molecule has 0 atom stereocenters. The van der Waals surface area contributed by atoms with Gasteiger partial charge in [0.25, 0.3) is 0 Å². The van der Waals surface area contributed by atoms with Crippen molar-refractivity contribution in [2.45, 2.75) is 39.5 Å². The molecule has 3 rings (SSSR count). The Bertz CT molecular complexity index is 746. The molecule has 0 fully saturated rings. The van der Waals surface area contributed by atoms with E-state index in [0.29, 0.717) is 0 Å². The summed E-state index contributed by atoms with van der Waals surface area (Å²) in [6.45, 7) is 8.88. The van der Waals surface area contributed by atoms with E-state index < -0.39 is 0 Å². The van der Waals surface area contributed by atoms with E-state index in [9.17, 15) is 0 Å². The fraction of sp³-hybridized carbons (Fsp3) is 0.333. The van der Waals surface area contributed by atoms with Gasteiger partial charge in [0.05, 0.1) is 5.69 Å². The number of rotatable bonds is 2. The average Bonchev–Trinajstić information content (AvgIpc) is 2.89. The third-order valence-electron chi connectivity index (χ3n) is 3.77. The summed E-state index contributed by atoms with van der Waals surface area (Å²) in [6, 6.07) is 14.6. The number of hydrogen-bond donors (Lipinski definition) is 0.